The average Bonchev–Trinajstić information content (AvgIpc) is 3.08. The second-order valence-corrected chi connectivity index (χ2v) is 4.84. The fourth-order valence-corrected chi connectivity index (χ4v) is 1.99. The highest BCUT2D eigenvalue weighted by molar-refractivity contribution is 5.77. The zero-order valence-corrected chi connectivity index (χ0v) is 10.5. The van der Waals surface area contributed by atoms with Crippen LogP contribution in [0.4, 0.5) is 5.69 Å². The third-order valence-corrected chi connectivity index (χ3v) is 3.14. The molecule has 1 aliphatic rings. The van der Waals surface area contributed by atoms with Crippen LogP contribution in [0.25, 0.3) is 11.4 Å². The van der Waals surface area contributed by atoms with Gasteiger partial charge in [-0.3, -0.25) is 4.79 Å². The van der Waals surface area contributed by atoms with E-state index in [4.69, 9.17) is 5.73 Å². The van der Waals surface area contributed by atoms with Gasteiger partial charge < -0.3 is 15.6 Å². The van der Waals surface area contributed by atoms with Gasteiger partial charge >= 0.3 is 0 Å². The first-order valence-electron chi connectivity index (χ1n) is 6.39. The van der Waals surface area contributed by atoms with Crippen molar-refractivity contribution >= 4 is 11.6 Å². The quantitative estimate of drug-likeness (QED) is 0.812. The van der Waals surface area contributed by atoms with Gasteiger partial charge in [-0.25, -0.2) is 4.98 Å². The van der Waals surface area contributed by atoms with Gasteiger partial charge in [-0.15, -0.1) is 0 Å². The molecule has 5 heteroatoms. The van der Waals surface area contributed by atoms with Gasteiger partial charge in [0.05, 0.1) is 0 Å². The van der Waals surface area contributed by atoms with E-state index in [1.165, 1.54) is 0 Å². The van der Waals surface area contributed by atoms with Crippen LogP contribution in [-0.4, -0.2) is 21.5 Å². The molecule has 1 fully saturated rings. The Morgan fingerprint density at radius 3 is 2.79 bits per heavy atom. The maximum atomic E-state index is 11.8. The van der Waals surface area contributed by atoms with Crippen molar-refractivity contribution in [3.63, 3.8) is 0 Å². The number of amides is 1. The van der Waals surface area contributed by atoms with E-state index in [9.17, 15) is 4.79 Å². The van der Waals surface area contributed by atoms with Crippen LogP contribution in [-0.2, 0) is 11.3 Å². The molecule has 3 rings (SSSR count). The zero-order valence-electron chi connectivity index (χ0n) is 10.5. The average molecular weight is 256 g/mol. The normalized spacial score (nSPS) is 14.3. The van der Waals surface area contributed by atoms with Crippen LogP contribution in [0.3, 0.4) is 0 Å². The fraction of sp³-hybridized carbons (Fsp3) is 0.286. The van der Waals surface area contributed by atoms with E-state index in [1.54, 1.807) is 6.20 Å². The monoisotopic (exact) mass is 256 g/mol. The van der Waals surface area contributed by atoms with Crippen molar-refractivity contribution in [2.24, 2.45) is 0 Å². The molecule has 3 N–H and O–H groups in total. The minimum atomic E-state index is 0.0391. The molecule has 2 aromatic rings. The number of benzene rings is 1. The van der Waals surface area contributed by atoms with E-state index >= 15 is 0 Å². The summed E-state index contributed by atoms with van der Waals surface area (Å²) in [5, 5.41) is 2.97. The number of carbonyl (C=O) groups excluding carboxylic acids is 1. The molecule has 0 aliphatic heterocycles. The van der Waals surface area contributed by atoms with Crippen molar-refractivity contribution in [2.75, 3.05) is 5.73 Å². The summed E-state index contributed by atoms with van der Waals surface area (Å²) in [5.74, 6) is 0.822. The highest BCUT2D eigenvalue weighted by atomic mass is 16.2. The molecule has 1 amide bonds. The predicted molar refractivity (Wildman–Crippen MR) is 73.2 cm³/mol. The molecule has 0 atom stereocenters. The number of nitrogen functional groups attached to an aromatic ring is 1. The van der Waals surface area contributed by atoms with E-state index in [0.717, 1.165) is 24.2 Å². The largest absolute Gasteiger partial charge is 0.399 e. The molecule has 0 spiro atoms. The topological polar surface area (TPSA) is 72.9 Å². The molecule has 1 aromatic carbocycles. The molecule has 19 heavy (non-hydrogen) atoms. The van der Waals surface area contributed by atoms with E-state index in [0.29, 0.717) is 18.3 Å². The Kier molecular flexibility index (Phi) is 2.95. The number of aromatic nitrogens is 2. The number of hydrogen-bond acceptors (Lipinski definition) is 3. The third kappa shape index (κ3) is 2.76. The molecule has 0 bridgehead atoms. The van der Waals surface area contributed by atoms with E-state index in [-0.39, 0.29) is 5.91 Å². The van der Waals surface area contributed by atoms with E-state index < -0.39 is 0 Å². The second kappa shape index (κ2) is 4.76. The lowest BCUT2D eigenvalue weighted by atomic mass is 10.2. The van der Waals surface area contributed by atoms with Crippen molar-refractivity contribution in [1.29, 1.82) is 0 Å². The molecule has 1 saturated carbocycles. The number of hydrogen-bond donors (Lipinski definition) is 2. The maximum absolute atomic E-state index is 11.8. The van der Waals surface area contributed by atoms with Gasteiger partial charge in [-0.2, -0.15) is 0 Å². The summed E-state index contributed by atoms with van der Waals surface area (Å²) in [4.78, 5) is 16.1. The molecule has 0 unspecified atom stereocenters. The van der Waals surface area contributed by atoms with Crippen molar-refractivity contribution in [2.45, 2.75) is 25.4 Å². The molecule has 98 valence electrons. The van der Waals surface area contributed by atoms with Crippen LogP contribution in [0.15, 0.2) is 36.7 Å². The second-order valence-electron chi connectivity index (χ2n) is 4.84. The van der Waals surface area contributed by atoms with Crippen LogP contribution in [0.5, 0.6) is 0 Å². The summed E-state index contributed by atoms with van der Waals surface area (Å²) in [5.41, 5.74) is 7.34. The number of imidazole rings is 1. The Balaban J connectivity index is 1.77. The third-order valence-electron chi connectivity index (χ3n) is 3.14. The van der Waals surface area contributed by atoms with Gasteiger partial charge in [0, 0.05) is 29.7 Å². The number of nitrogens with one attached hydrogen (secondary N) is 1. The Morgan fingerprint density at radius 2 is 2.11 bits per heavy atom. The fourth-order valence-electron chi connectivity index (χ4n) is 1.99. The number of nitrogens with zero attached hydrogens (tertiary/aromatic N) is 2. The van der Waals surface area contributed by atoms with Gasteiger partial charge in [0.1, 0.15) is 12.4 Å². The maximum Gasteiger partial charge on any atom is 0.240 e. The van der Waals surface area contributed by atoms with Crippen LogP contribution in [0.1, 0.15) is 12.8 Å². The van der Waals surface area contributed by atoms with Gasteiger partial charge in [0.25, 0.3) is 0 Å². The highest BCUT2D eigenvalue weighted by Gasteiger charge is 2.23. The lowest BCUT2D eigenvalue weighted by Gasteiger charge is -2.08. The van der Waals surface area contributed by atoms with Crippen LogP contribution in [0, 0.1) is 0 Å². The number of carbonyl (C=O) groups is 1. The molecular formula is C14H16N4O. The highest BCUT2D eigenvalue weighted by Crippen LogP contribution is 2.20. The molecule has 1 aromatic heterocycles. The minimum absolute atomic E-state index is 0.0391. The van der Waals surface area contributed by atoms with Gasteiger partial charge in [0.2, 0.25) is 5.91 Å². The van der Waals surface area contributed by atoms with Gasteiger partial charge in [0.15, 0.2) is 0 Å². The van der Waals surface area contributed by atoms with Crippen LogP contribution >= 0.6 is 0 Å². The van der Waals surface area contributed by atoms with E-state index in [1.807, 2.05) is 35.0 Å². The number of nitrogens with two attached hydrogens (primary N) is 1. The summed E-state index contributed by atoms with van der Waals surface area (Å²) in [6.45, 7) is 0.302. The van der Waals surface area contributed by atoms with Crippen molar-refractivity contribution in [3.05, 3.63) is 36.7 Å². The lowest BCUT2D eigenvalue weighted by molar-refractivity contribution is -0.121. The SMILES string of the molecule is Nc1ccc(-c2nccn2CC(=O)NC2CC2)cc1. The summed E-state index contributed by atoms with van der Waals surface area (Å²) < 4.78 is 1.85. The number of anilines is 1. The van der Waals surface area contributed by atoms with Crippen LogP contribution < -0.4 is 11.1 Å². The molecule has 1 aliphatic carbocycles. The zero-order chi connectivity index (χ0) is 13.2. The predicted octanol–water partition coefficient (Wildman–Crippen LogP) is 1.41. The number of rotatable bonds is 4. The first-order chi connectivity index (χ1) is 9.22. The van der Waals surface area contributed by atoms with Crippen LogP contribution in [0.2, 0.25) is 0 Å². The molecule has 1 heterocycles. The summed E-state index contributed by atoms with van der Waals surface area (Å²) >= 11 is 0. The van der Waals surface area contributed by atoms with Gasteiger partial charge in [-0.1, -0.05) is 0 Å². The molecule has 0 saturated heterocycles. The Hall–Kier alpha value is -2.30. The minimum Gasteiger partial charge on any atom is -0.399 e. The Bertz CT molecular complexity index is 584. The van der Waals surface area contributed by atoms with E-state index in [2.05, 4.69) is 10.3 Å². The van der Waals surface area contributed by atoms with Crippen molar-refractivity contribution in [1.82, 2.24) is 14.9 Å². The lowest BCUT2D eigenvalue weighted by Crippen LogP contribution is -2.29. The summed E-state index contributed by atoms with van der Waals surface area (Å²) in [7, 11) is 0. The molecule has 5 nitrogen and oxygen atoms in total. The molecule has 0 radical (unpaired) electrons. The first-order valence-corrected chi connectivity index (χ1v) is 6.39. The first kappa shape index (κ1) is 11.8. The van der Waals surface area contributed by atoms with Crippen molar-refractivity contribution < 1.29 is 4.79 Å². The Labute approximate surface area is 111 Å². The molecular weight excluding hydrogens is 240 g/mol. The Morgan fingerprint density at radius 1 is 1.37 bits per heavy atom. The van der Waals surface area contributed by atoms with Crippen molar-refractivity contribution in [3.8, 4) is 11.4 Å². The summed E-state index contributed by atoms with van der Waals surface area (Å²) in [6, 6.07) is 7.87. The standard InChI is InChI=1S/C14H16N4O/c15-11-3-1-10(2-4-11)14-16-7-8-18(14)9-13(19)17-12-5-6-12/h1-4,7-8,12H,5-6,9,15H2,(H,17,19). The summed E-state index contributed by atoms with van der Waals surface area (Å²) in [6.07, 6.45) is 5.72. The smallest absolute Gasteiger partial charge is 0.240 e. The van der Waals surface area contributed by atoms with Gasteiger partial charge in [-0.05, 0) is 37.1 Å².